The molecular formula is C19H22N2O3. The van der Waals surface area contributed by atoms with Gasteiger partial charge in [-0.3, -0.25) is 4.79 Å². The summed E-state index contributed by atoms with van der Waals surface area (Å²) in [5, 5.41) is 5.83. The number of carbonyl (C=O) groups excluding carboxylic acids is 2. The third-order valence-electron chi connectivity index (χ3n) is 3.60. The Morgan fingerprint density at radius 3 is 2.38 bits per heavy atom. The quantitative estimate of drug-likeness (QED) is 0.795. The van der Waals surface area contributed by atoms with Gasteiger partial charge in [-0.2, -0.15) is 0 Å². The molecular weight excluding hydrogens is 304 g/mol. The number of rotatable bonds is 6. The van der Waals surface area contributed by atoms with Gasteiger partial charge in [0.15, 0.2) is 0 Å². The standard InChI is InChI=1S/C19H22N2O3/c1-13(2)14-7-9-16(10-8-14)21-18(22)12-20-17-6-4-5-15(11-17)19(23)24-3/h4-11,13,20H,12H2,1-3H3,(H,21,22). The van der Waals surface area contributed by atoms with Gasteiger partial charge in [0.1, 0.15) is 0 Å². The summed E-state index contributed by atoms with van der Waals surface area (Å²) in [6.45, 7) is 4.36. The lowest BCUT2D eigenvalue weighted by molar-refractivity contribution is -0.114. The maximum absolute atomic E-state index is 12.0. The van der Waals surface area contributed by atoms with Gasteiger partial charge in [0.2, 0.25) is 5.91 Å². The van der Waals surface area contributed by atoms with Gasteiger partial charge < -0.3 is 15.4 Å². The fraction of sp³-hybridized carbons (Fsp3) is 0.263. The van der Waals surface area contributed by atoms with E-state index in [0.717, 1.165) is 5.69 Å². The Balaban J connectivity index is 1.90. The van der Waals surface area contributed by atoms with E-state index in [1.165, 1.54) is 12.7 Å². The molecule has 0 aromatic heterocycles. The maximum Gasteiger partial charge on any atom is 0.337 e. The first-order valence-corrected chi connectivity index (χ1v) is 7.81. The van der Waals surface area contributed by atoms with Crippen LogP contribution in [0, 0.1) is 0 Å². The lowest BCUT2D eigenvalue weighted by atomic mass is 10.0. The monoisotopic (exact) mass is 326 g/mol. The first-order chi connectivity index (χ1) is 11.5. The molecule has 1 amide bonds. The molecule has 0 saturated carbocycles. The number of esters is 1. The summed E-state index contributed by atoms with van der Waals surface area (Å²) in [4.78, 5) is 23.5. The summed E-state index contributed by atoms with van der Waals surface area (Å²) in [5.41, 5.74) is 3.11. The van der Waals surface area contributed by atoms with Crippen molar-refractivity contribution in [2.45, 2.75) is 19.8 Å². The largest absolute Gasteiger partial charge is 0.465 e. The molecule has 126 valence electrons. The van der Waals surface area contributed by atoms with Gasteiger partial charge in [-0.15, -0.1) is 0 Å². The highest BCUT2D eigenvalue weighted by atomic mass is 16.5. The molecule has 0 unspecified atom stereocenters. The number of amides is 1. The molecule has 0 heterocycles. The maximum atomic E-state index is 12.0. The van der Waals surface area contributed by atoms with Crippen LogP contribution in [0.25, 0.3) is 0 Å². The summed E-state index contributed by atoms with van der Waals surface area (Å²) in [6.07, 6.45) is 0. The lowest BCUT2D eigenvalue weighted by Crippen LogP contribution is -2.21. The second-order valence-electron chi connectivity index (χ2n) is 5.75. The summed E-state index contributed by atoms with van der Waals surface area (Å²) < 4.78 is 4.68. The Morgan fingerprint density at radius 2 is 1.75 bits per heavy atom. The van der Waals surface area contributed by atoms with Crippen LogP contribution in [0.4, 0.5) is 11.4 Å². The predicted molar refractivity (Wildman–Crippen MR) is 95.4 cm³/mol. The number of hydrogen-bond acceptors (Lipinski definition) is 4. The highest BCUT2D eigenvalue weighted by Gasteiger charge is 2.07. The zero-order valence-electron chi connectivity index (χ0n) is 14.1. The molecule has 5 nitrogen and oxygen atoms in total. The summed E-state index contributed by atoms with van der Waals surface area (Å²) in [5.74, 6) is -0.109. The van der Waals surface area contributed by atoms with Crippen LogP contribution in [-0.4, -0.2) is 25.5 Å². The van der Waals surface area contributed by atoms with Crippen molar-refractivity contribution in [1.29, 1.82) is 0 Å². The van der Waals surface area contributed by atoms with Crippen molar-refractivity contribution < 1.29 is 14.3 Å². The van der Waals surface area contributed by atoms with Crippen LogP contribution in [0.5, 0.6) is 0 Å². The van der Waals surface area contributed by atoms with Crippen LogP contribution in [-0.2, 0) is 9.53 Å². The van der Waals surface area contributed by atoms with Gasteiger partial charge in [0.05, 0.1) is 19.2 Å². The van der Waals surface area contributed by atoms with Gasteiger partial charge >= 0.3 is 5.97 Å². The number of hydrogen-bond donors (Lipinski definition) is 2. The second-order valence-corrected chi connectivity index (χ2v) is 5.75. The minimum absolute atomic E-state index is 0.108. The fourth-order valence-electron chi connectivity index (χ4n) is 2.21. The summed E-state index contributed by atoms with van der Waals surface area (Å²) >= 11 is 0. The highest BCUT2D eigenvalue weighted by Crippen LogP contribution is 2.17. The van der Waals surface area contributed by atoms with E-state index in [0.29, 0.717) is 17.2 Å². The Morgan fingerprint density at radius 1 is 1.04 bits per heavy atom. The molecule has 0 aliphatic heterocycles. The first kappa shape index (κ1) is 17.5. The number of ether oxygens (including phenoxy) is 1. The van der Waals surface area contributed by atoms with E-state index in [9.17, 15) is 9.59 Å². The van der Waals surface area contributed by atoms with Gasteiger partial charge in [-0.25, -0.2) is 4.79 Å². The van der Waals surface area contributed by atoms with Crippen molar-refractivity contribution in [1.82, 2.24) is 0 Å². The van der Waals surface area contributed by atoms with E-state index >= 15 is 0 Å². The SMILES string of the molecule is COC(=O)c1cccc(NCC(=O)Nc2ccc(C(C)C)cc2)c1. The third-order valence-corrected chi connectivity index (χ3v) is 3.60. The molecule has 0 aliphatic rings. The third kappa shape index (κ3) is 4.84. The molecule has 0 bridgehead atoms. The van der Waals surface area contributed by atoms with E-state index in [1.807, 2.05) is 24.3 Å². The zero-order chi connectivity index (χ0) is 17.5. The number of anilines is 2. The number of nitrogens with one attached hydrogen (secondary N) is 2. The summed E-state index contributed by atoms with van der Waals surface area (Å²) in [7, 11) is 1.33. The fourth-order valence-corrected chi connectivity index (χ4v) is 2.21. The van der Waals surface area contributed by atoms with Crippen LogP contribution in [0.1, 0.15) is 35.7 Å². The number of methoxy groups -OCH3 is 1. The molecule has 2 N–H and O–H groups in total. The molecule has 24 heavy (non-hydrogen) atoms. The molecule has 0 radical (unpaired) electrons. The second kappa shape index (κ2) is 8.15. The lowest BCUT2D eigenvalue weighted by Gasteiger charge is -2.10. The number of carbonyl (C=O) groups is 2. The first-order valence-electron chi connectivity index (χ1n) is 7.81. The summed E-state index contributed by atoms with van der Waals surface area (Å²) in [6, 6.07) is 14.6. The van der Waals surface area contributed by atoms with E-state index in [2.05, 4.69) is 29.2 Å². The molecule has 2 aromatic rings. The van der Waals surface area contributed by atoms with E-state index in [1.54, 1.807) is 24.3 Å². The molecule has 5 heteroatoms. The van der Waals surface area contributed by atoms with E-state index < -0.39 is 5.97 Å². The average Bonchev–Trinajstić information content (AvgIpc) is 2.60. The topological polar surface area (TPSA) is 67.4 Å². The van der Waals surface area contributed by atoms with Crippen LogP contribution in [0.2, 0.25) is 0 Å². The van der Waals surface area contributed by atoms with Gasteiger partial charge in [0.25, 0.3) is 0 Å². The Bertz CT molecular complexity index is 709. The highest BCUT2D eigenvalue weighted by molar-refractivity contribution is 5.94. The zero-order valence-corrected chi connectivity index (χ0v) is 14.1. The average molecular weight is 326 g/mol. The number of benzene rings is 2. The van der Waals surface area contributed by atoms with Crippen LogP contribution in [0.15, 0.2) is 48.5 Å². The van der Waals surface area contributed by atoms with Crippen molar-refractivity contribution >= 4 is 23.3 Å². The predicted octanol–water partition coefficient (Wildman–Crippen LogP) is 3.65. The Labute approximate surface area is 142 Å². The van der Waals surface area contributed by atoms with Crippen molar-refractivity contribution in [3.63, 3.8) is 0 Å². The van der Waals surface area contributed by atoms with Crippen molar-refractivity contribution in [3.8, 4) is 0 Å². The van der Waals surface area contributed by atoms with Crippen LogP contribution >= 0.6 is 0 Å². The molecule has 0 spiro atoms. The van der Waals surface area contributed by atoms with Crippen molar-refractivity contribution in [3.05, 3.63) is 59.7 Å². The van der Waals surface area contributed by atoms with Gasteiger partial charge in [-0.05, 0) is 41.8 Å². The van der Waals surface area contributed by atoms with Gasteiger partial charge in [-0.1, -0.05) is 32.0 Å². The Hall–Kier alpha value is -2.82. The van der Waals surface area contributed by atoms with Crippen molar-refractivity contribution in [2.24, 2.45) is 0 Å². The molecule has 0 atom stereocenters. The molecule has 0 fully saturated rings. The smallest absolute Gasteiger partial charge is 0.337 e. The van der Waals surface area contributed by atoms with Crippen LogP contribution in [0.3, 0.4) is 0 Å². The van der Waals surface area contributed by atoms with E-state index in [-0.39, 0.29) is 12.5 Å². The Kier molecular flexibility index (Phi) is 5.95. The molecule has 0 aliphatic carbocycles. The van der Waals surface area contributed by atoms with E-state index in [4.69, 9.17) is 0 Å². The molecule has 2 rings (SSSR count). The normalized spacial score (nSPS) is 10.3. The van der Waals surface area contributed by atoms with Crippen LogP contribution < -0.4 is 10.6 Å². The minimum Gasteiger partial charge on any atom is -0.465 e. The van der Waals surface area contributed by atoms with Crippen molar-refractivity contribution in [2.75, 3.05) is 24.3 Å². The molecule has 0 saturated heterocycles. The minimum atomic E-state index is -0.409. The van der Waals surface area contributed by atoms with Gasteiger partial charge in [0, 0.05) is 11.4 Å². The molecule has 2 aromatic carbocycles.